The molecule has 1 aliphatic rings. The van der Waals surface area contributed by atoms with Gasteiger partial charge in [0.15, 0.2) is 0 Å². The molecule has 0 aromatic heterocycles. The fourth-order valence-electron chi connectivity index (χ4n) is 1.74. The van der Waals surface area contributed by atoms with Crippen molar-refractivity contribution < 1.29 is 4.84 Å². The minimum absolute atomic E-state index is 0.0723. The molecule has 1 N–H and O–H groups in total. The second kappa shape index (κ2) is 4.43. The van der Waals surface area contributed by atoms with Crippen molar-refractivity contribution in [2.24, 2.45) is 5.92 Å². The highest BCUT2D eigenvalue weighted by Gasteiger charge is 2.23. The lowest BCUT2D eigenvalue weighted by molar-refractivity contribution is -0.0996. The van der Waals surface area contributed by atoms with Crippen molar-refractivity contribution in [2.45, 2.75) is 65.0 Å². The second-order valence-corrected chi connectivity index (χ2v) is 5.20. The van der Waals surface area contributed by atoms with Crippen molar-refractivity contribution in [3.63, 3.8) is 0 Å². The zero-order valence-electron chi connectivity index (χ0n) is 9.39. The summed E-state index contributed by atoms with van der Waals surface area (Å²) in [4.78, 5) is 5.59. The third-order valence-corrected chi connectivity index (χ3v) is 2.63. The maximum absolute atomic E-state index is 5.59. The lowest BCUT2D eigenvalue weighted by atomic mass is 9.86. The SMILES string of the molecule is CC1CCCCC1NOC(C)(C)C. The molecule has 0 radical (unpaired) electrons. The van der Waals surface area contributed by atoms with Gasteiger partial charge < -0.3 is 0 Å². The molecule has 0 aliphatic heterocycles. The first-order valence-electron chi connectivity index (χ1n) is 5.42. The fourth-order valence-corrected chi connectivity index (χ4v) is 1.74. The minimum atomic E-state index is -0.0723. The van der Waals surface area contributed by atoms with Crippen LogP contribution in [0.1, 0.15) is 53.4 Å². The van der Waals surface area contributed by atoms with Crippen LogP contribution < -0.4 is 5.48 Å². The summed E-state index contributed by atoms with van der Waals surface area (Å²) in [7, 11) is 0. The van der Waals surface area contributed by atoms with E-state index in [9.17, 15) is 0 Å². The van der Waals surface area contributed by atoms with E-state index in [0.29, 0.717) is 6.04 Å². The summed E-state index contributed by atoms with van der Waals surface area (Å²) in [5, 5.41) is 0. The van der Waals surface area contributed by atoms with Gasteiger partial charge in [-0.2, -0.15) is 5.48 Å². The Hall–Kier alpha value is -0.0800. The molecule has 1 rings (SSSR count). The number of hydroxylamine groups is 1. The summed E-state index contributed by atoms with van der Waals surface area (Å²) in [6, 6.07) is 0.563. The van der Waals surface area contributed by atoms with Crippen LogP contribution in [-0.4, -0.2) is 11.6 Å². The summed E-state index contributed by atoms with van der Waals surface area (Å²) in [6.07, 6.45) is 5.33. The molecule has 2 unspecified atom stereocenters. The van der Waals surface area contributed by atoms with Crippen LogP contribution in [-0.2, 0) is 4.84 Å². The van der Waals surface area contributed by atoms with E-state index in [2.05, 4.69) is 33.2 Å². The van der Waals surface area contributed by atoms with Crippen LogP contribution in [0.2, 0.25) is 0 Å². The van der Waals surface area contributed by atoms with Crippen LogP contribution in [0.5, 0.6) is 0 Å². The largest absolute Gasteiger partial charge is 0.296 e. The van der Waals surface area contributed by atoms with Crippen LogP contribution in [0.3, 0.4) is 0 Å². The van der Waals surface area contributed by atoms with Gasteiger partial charge in [-0.05, 0) is 39.5 Å². The van der Waals surface area contributed by atoms with Gasteiger partial charge in [0.05, 0.1) is 5.60 Å². The molecular formula is C11H23NO. The van der Waals surface area contributed by atoms with Crippen LogP contribution >= 0.6 is 0 Å². The van der Waals surface area contributed by atoms with E-state index >= 15 is 0 Å². The molecule has 0 aromatic carbocycles. The molecule has 2 atom stereocenters. The second-order valence-electron chi connectivity index (χ2n) is 5.20. The van der Waals surface area contributed by atoms with E-state index < -0.39 is 0 Å². The standard InChI is InChI=1S/C11H23NO/c1-9-7-5-6-8-10(9)12-13-11(2,3)4/h9-10,12H,5-8H2,1-4H3. The molecule has 0 saturated heterocycles. The summed E-state index contributed by atoms with van der Waals surface area (Å²) >= 11 is 0. The molecule has 2 heteroatoms. The van der Waals surface area contributed by atoms with Crippen LogP contribution in [0, 0.1) is 5.92 Å². The first-order valence-corrected chi connectivity index (χ1v) is 5.42. The average Bonchev–Trinajstić information content (AvgIpc) is 2.01. The first kappa shape index (κ1) is 11.0. The Kier molecular flexibility index (Phi) is 3.74. The zero-order valence-corrected chi connectivity index (χ0v) is 9.39. The quantitative estimate of drug-likeness (QED) is 0.668. The maximum Gasteiger partial charge on any atom is 0.0813 e. The number of rotatable bonds is 2. The van der Waals surface area contributed by atoms with Gasteiger partial charge in [-0.15, -0.1) is 0 Å². The van der Waals surface area contributed by atoms with Crippen LogP contribution in [0.15, 0.2) is 0 Å². The van der Waals surface area contributed by atoms with Crippen molar-refractivity contribution in [3.05, 3.63) is 0 Å². The molecule has 1 saturated carbocycles. The van der Waals surface area contributed by atoms with Crippen LogP contribution in [0.4, 0.5) is 0 Å². The third-order valence-electron chi connectivity index (χ3n) is 2.63. The van der Waals surface area contributed by atoms with E-state index in [1.54, 1.807) is 0 Å². The molecule has 13 heavy (non-hydrogen) atoms. The van der Waals surface area contributed by atoms with Gasteiger partial charge in [-0.1, -0.05) is 19.8 Å². The molecule has 0 bridgehead atoms. The van der Waals surface area contributed by atoms with E-state index in [0.717, 1.165) is 5.92 Å². The van der Waals surface area contributed by atoms with Crippen LogP contribution in [0.25, 0.3) is 0 Å². The van der Waals surface area contributed by atoms with E-state index in [-0.39, 0.29) is 5.60 Å². The minimum Gasteiger partial charge on any atom is -0.296 e. The molecule has 2 nitrogen and oxygen atoms in total. The summed E-state index contributed by atoms with van der Waals surface area (Å²) in [5.74, 6) is 0.760. The molecule has 1 aliphatic carbocycles. The van der Waals surface area contributed by atoms with E-state index in [4.69, 9.17) is 4.84 Å². The third kappa shape index (κ3) is 4.10. The van der Waals surface area contributed by atoms with Crippen molar-refractivity contribution >= 4 is 0 Å². The van der Waals surface area contributed by atoms with Gasteiger partial charge >= 0.3 is 0 Å². The highest BCUT2D eigenvalue weighted by atomic mass is 16.7. The maximum atomic E-state index is 5.59. The summed E-state index contributed by atoms with van der Waals surface area (Å²) in [6.45, 7) is 8.54. The average molecular weight is 185 g/mol. The Bertz CT molecular complexity index is 151. The van der Waals surface area contributed by atoms with Gasteiger partial charge in [-0.25, -0.2) is 0 Å². The number of nitrogens with one attached hydrogen (secondary N) is 1. The Morgan fingerprint density at radius 1 is 1.15 bits per heavy atom. The normalized spacial score (nSPS) is 30.5. The molecule has 0 heterocycles. The Labute approximate surface area is 82.0 Å². The lowest BCUT2D eigenvalue weighted by Gasteiger charge is -2.32. The Morgan fingerprint density at radius 2 is 1.77 bits per heavy atom. The van der Waals surface area contributed by atoms with Crippen molar-refractivity contribution in [2.75, 3.05) is 0 Å². The van der Waals surface area contributed by atoms with Crippen molar-refractivity contribution in [1.29, 1.82) is 0 Å². The lowest BCUT2D eigenvalue weighted by Crippen LogP contribution is -2.41. The smallest absolute Gasteiger partial charge is 0.0813 e. The molecule has 0 spiro atoms. The van der Waals surface area contributed by atoms with Gasteiger partial charge in [0.1, 0.15) is 0 Å². The highest BCUT2D eigenvalue weighted by Crippen LogP contribution is 2.24. The van der Waals surface area contributed by atoms with Gasteiger partial charge in [0.25, 0.3) is 0 Å². The number of hydrogen-bond donors (Lipinski definition) is 1. The molecule has 1 fully saturated rings. The zero-order chi connectivity index (χ0) is 9.90. The van der Waals surface area contributed by atoms with Gasteiger partial charge in [0, 0.05) is 6.04 Å². The number of hydrogen-bond acceptors (Lipinski definition) is 2. The highest BCUT2D eigenvalue weighted by molar-refractivity contribution is 4.75. The van der Waals surface area contributed by atoms with E-state index in [1.165, 1.54) is 25.7 Å². The van der Waals surface area contributed by atoms with Gasteiger partial charge in [-0.3, -0.25) is 4.84 Å². The fraction of sp³-hybridized carbons (Fsp3) is 1.00. The van der Waals surface area contributed by atoms with Crippen molar-refractivity contribution in [3.8, 4) is 0 Å². The Balaban J connectivity index is 2.27. The van der Waals surface area contributed by atoms with Crippen molar-refractivity contribution in [1.82, 2.24) is 5.48 Å². The predicted molar refractivity (Wildman–Crippen MR) is 55.4 cm³/mol. The topological polar surface area (TPSA) is 21.3 Å². The molecule has 0 amide bonds. The molecule has 78 valence electrons. The molecule has 0 aromatic rings. The first-order chi connectivity index (χ1) is 5.99. The molecular weight excluding hydrogens is 162 g/mol. The Morgan fingerprint density at radius 3 is 2.31 bits per heavy atom. The van der Waals surface area contributed by atoms with E-state index in [1.807, 2.05) is 0 Å². The summed E-state index contributed by atoms with van der Waals surface area (Å²) < 4.78 is 0. The predicted octanol–water partition coefficient (Wildman–Crippen LogP) is 2.88. The summed E-state index contributed by atoms with van der Waals surface area (Å²) in [5.41, 5.74) is 3.14. The monoisotopic (exact) mass is 185 g/mol. The van der Waals surface area contributed by atoms with Gasteiger partial charge in [0.2, 0.25) is 0 Å².